The number of hydrogen-bond acceptors (Lipinski definition) is 6. The van der Waals surface area contributed by atoms with Crippen LogP contribution in [0.1, 0.15) is 30.3 Å². The minimum absolute atomic E-state index is 0.125. The zero-order valence-corrected chi connectivity index (χ0v) is 20.5. The summed E-state index contributed by atoms with van der Waals surface area (Å²) in [6.07, 6.45) is 3.13. The first-order valence-electron chi connectivity index (χ1n) is 11.2. The largest absolute Gasteiger partial charge is 0.494 e. The molecule has 1 saturated heterocycles. The second-order valence-electron chi connectivity index (χ2n) is 8.16. The van der Waals surface area contributed by atoms with Crippen molar-refractivity contribution in [2.45, 2.75) is 19.2 Å². The molecule has 0 N–H and O–H groups in total. The second kappa shape index (κ2) is 10.2. The molecule has 36 heavy (non-hydrogen) atoms. The first kappa shape index (κ1) is 24.9. The SMILES string of the molecule is CCOc1ccc(N2C(=O)C(=CC(C)=Cc3ccccc3)S(=O)(=O)C2c2cccc([N+](=O)[O-])c2)cc1. The molecule has 0 aromatic heterocycles. The quantitative estimate of drug-likeness (QED) is 0.241. The minimum Gasteiger partial charge on any atom is -0.494 e. The van der Waals surface area contributed by atoms with Crippen molar-refractivity contribution >= 4 is 33.2 Å². The zero-order valence-electron chi connectivity index (χ0n) is 19.7. The Hall–Kier alpha value is -4.24. The van der Waals surface area contributed by atoms with Crippen molar-refractivity contribution in [1.82, 2.24) is 0 Å². The lowest BCUT2D eigenvalue weighted by atomic mass is 10.1. The lowest BCUT2D eigenvalue weighted by Gasteiger charge is -2.23. The number of amides is 1. The predicted molar refractivity (Wildman–Crippen MR) is 138 cm³/mol. The predicted octanol–water partition coefficient (Wildman–Crippen LogP) is 5.44. The van der Waals surface area contributed by atoms with E-state index in [0.717, 1.165) is 10.5 Å². The standard InChI is InChI=1S/C27H24N2O6S/c1-3-35-24-14-12-22(13-15-24)28-26(30)25(17-19(2)16-20-8-5-4-6-9-20)36(33,34)27(28)21-10-7-11-23(18-21)29(31)32/h4-18,27H,3H2,1-2H3. The van der Waals surface area contributed by atoms with Gasteiger partial charge in [0.15, 0.2) is 5.37 Å². The van der Waals surface area contributed by atoms with Gasteiger partial charge in [-0.1, -0.05) is 48.5 Å². The van der Waals surface area contributed by atoms with Gasteiger partial charge in [0, 0.05) is 17.8 Å². The minimum atomic E-state index is -4.23. The molecule has 8 nitrogen and oxygen atoms in total. The number of sulfone groups is 1. The van der Waals surface area contributed by atoms with Crippen LogP contribution in [-0.2, 0) is 14.6 Å². The Morgan fingerprint density at radius 3 is 2.39 bits per heavy atom. The number of non-ortho nitro benzene ring substituents is 1. The van der Waals surface area contributed by atoms with E-state index in [1.165, 1.54) is 30.3 Å². The smallest absolute Gasteiger partial charge is 0.271 e. The number of carbonyl (C=O) groups excluding carboxylic acids is 1. The first-order valence-corrected chi connectivity index (χ1v) is 12.8. The highest BCUT2D eigenvalue weighted by molar-refractivity contribution is 7.97. The molecule has 1 aliphatic heterocycles. The van der Waals surface area contributed by atoms with E-state index in [2.05, 4.69) is 0 Å². The van der Waals surface area contributed by atoms with Crippen LogP contribution < -0.4 is 9.64 Å². The molecule has 1 fully saturated rings. The van der Waals surface area contributed by atoms with Gasteiger partial charge in [-0.2, -0.15) is 0 Å². The molecule has 184 valence electrons. The van der Waals surface area contributed by atoms with Crippen molar-refractivity contribution in [1.29, 1.82) is 0 Å². The number of hydrogen-bond donors (Lipinski definition) is 0. The third kappa shape index (κ3) is 4.92. The summed E-state index contributed by atoms with van der Waals surface area (Å²) in [5.74, 6) is -0.142. The topological polar surface area (TPSA) is 107 Å². The van der Waals surface area contributed by atoms with Crippen LogP contribution >= 0.6 is 0 Å². The number of rotatable bonds is 7. The maximum atomic E-state index is 13.8. The van der Waals surface area contributed by atoms with Crippen molar-refractivity contribution in [3.05, 3.63) is 117 Å². The van der Waals surface area contributed by atoms with Crippen LogP contribution in [-0.4, -0.2) is 25.9 Å². The van der Waals surface area contributed by atoms with Gasteiger partial charge in [0.25, 0.3) is 11.6 Å². The Kier molecular flexibility index (Phi) is 7.03. The summed E-state index contributed by atoms with van der Waals surface area (Å²) in [6, 6.07) is 21.1. The normalized spacial score (nSPS) is 18.4. The molecule has 4 rings (SSSR count). The zero-order chi connectivity index (χ0) is 25.9. The summed E-state index contributed by atoms with van der Waals surface area (Å²) in [5.41, 5.74) is 1.61. The first-order chi connectivity index (χ1) is 17.2. The fraction of sp³-hybridized carbons (Fsp3) is 0.148. The third-order valence-electron chi connectivity index (χ3n) is 5.61. The Balaban J connectivity index is 1.86. The summed E-state index contributed by atoms with van der Waals surface area (Å²) in [4.78, 5) is 25.2. The molecule has 0 spiro atoms. The van der Waals surface area contributed by atoms with Crippen molar-refractivity contribution < 1.29 is 22.9 Å². The van der Waals surface area contributed by atoms with Gasteiger partial charge >= 0.3 is 0 Å². The number of nitro groups is 1. The molecule has 1 atom stereocenters. The molecule has 1 amide bonds. The van der Waals surface area contributed by atoms with Crippen LogP contribution in [0.5, 0.6) is 5.75 Å². The number of nitrogens with zero attached hydrogens (tertiary/aromatic N) is 2. The Bertz CT molecular complexity index is 1460. The highest BCUT2D eigenvalue weighted by atomic mass is 32.2. The molecular weight excluding hydrogens is 480 g/mol. The van der Waals surface area contributed by atoms with E-state index in [0.29, 0.717) is 23.6 Å². The fourth-order valence-electron chi connectivity index (χ4n) is 4.05. The van der Waals surface area contributed by atoms with Gasteiger partial charge in [-0.25, -0.2) is 8.42 Å². The summed E-state index contributed by atoms with van der Waals surface area (Å²) >= 11 is 0. The molecular formula is C27H24N2O6S. The van der Waals surface area contributed by atoms with Crippen LogP contribution in [0.3, 0.4) is 0 Å². The Labute approximate surface area is 209 Å². The van der Waals surface area contributed by atoms with Crippen LogP contribution in [0.2, 0.25) is 0 Å². The summed E-state index contributed by atoms with van der Waals surface area (Å²) in [5, 5.41) is 9.91. The fourth-order valence-corrected chi connectivity index (χ4v) is 5.99. The van der Waals surface area contributed by atoms with Gasteiger partial charge in [0.2, 0.25) is 9.84 Å². The van der Waals surface area contributed by atoms with Crippen LogP contribution in [0.25, 0.3) is 6.08 Å². The number of ether oxygens (including phenoxy) is 1. The van der Waals surface area contributed by atoms with E-state index in [1.54, 1.807) is 37.3 Å². The average molecular weight is 505 g/mol. The van der Waals surface area contributed by atoms with Crippen molar-refractivity contribution in [3.63, 3.8) is 0 Å². The molecule has 3 aromatic rings. The van der Waals surface area contributed by atoms with E-state index < -0.39 is 26.0 Å². The highest BCUT2D eigenvalue weighted by Gasteiger charge is 2.50. The Morgan fingerprint density at radius 1 is 1.06 bits per heavy atom. The van der Waals surface area contributed by atoms with Crippen LogP contribution in [0.4, 0.5) is 11.4 Å². The van der Waals surface area contributed by atoms with Gasteiger partial charge in [-0.3, -0.25) is 19.8 Å². The molecule has 1 unspecified atom stereocenters. The molecule has 0 radical (unpaired) electrons. The maximum absolute atomic E-state index is 13.8. The lowest BCUT2D eigenvalue weighted by molar-refractivity contribution is -0.384. The summed E-state index contributed by atoms with van der Waals surface area (Å²) in [7, 11) is -4.23. The molecule has 0 aliphatic carbocycles. The second-order valence-corrected chi connectivity index (χ2v) is 10.1. The van der Waals surface area contributed by atoms with Gasteiger partial charge in [-0.05, 0) is 60.9 Å². The lowest BCUT2D eigenvalue weighted by Crippen LogP contribution is -2.29. The maximum Gasteiger partial charge on any atom is 0.271 e. The van der Waals surface area contributed by atoms with Crippen molar-refractivity contribution in [2.75, 3.05) is 11.5 Å². The molecule has 0 saturated carbocycles. The van der Waals surface area contributed by atoms with E-state index in [1.807, 2.05) is 37.3 Å². The van der Waals surface area contributed by atoms with Gasteiger partial charge < -0.3 is 4.74 Å². The number of benzene rings is 3. The van der Waals surface area contributed by atoms with Gasteiger partial charge in [0.05, 0.1) is 11.5 Å². The van der Waals surface area contributed by atoms with Crippen molar-refractivity contribution in [2.24, 2.45) is 0 Å². The highest BCUT2D eigenvalue weighted by Crippen LogP contribution is 2.44. The third-order valence-corrected chi connectivity index (χ3v) is 7.59. The Morgan fingerprint density at radius 2 is 1.75 bits per heavy atom. The number of anilines is 1. The summed E-state index contributed by atoms with van der Waals surface area (Å²) < 4.78 is 33.0. The molecule has 3 aromatic carbocycles. The van der Waals surface area contributed by atoms with E-state index in [4.69, 9.17) is 4.74 Å². The molecule has 0 bridgehead atoms. The van der Waals surface area contributed by atoms with Gasteiger partial charge in [0.1, 0.15) is 10.7 Å². The van der Waals surface area contributed by atoms with Crippen molar-refractivity contribution in [3.8, 4) is 5.75 Å². The number of nitro benzene ring substituents is 1. The van der Waals surface area contributed by atoms with Crippen LogP contribution in [0, 0.1) is 10.1 Å². The molecule has 1 heterocycles. The van der Waals surface area contributed by atoms with Gasteiger partial charge in [-0.15, -0.1) is 0 Å². The number of carbonyl (C=O) groups is 1. The number of allylic oxidation sites excluding steroid dienone is 2. The summed E-state index contributed by atoms with van der Waals surface area (Å²) in [6.45, 7) is 4.00. The van der Waals surface area contributed by atoms with Crippen LogP contribution in [0.15, 0.2) is 95.4 Å². The molecule has 1 aliphatic rings. The van der Waals surface area contributed by atoms with E-state index in [-0.39, 0.29) is 16.2 Å². The monoisotopic (exact) mass is 504 g/mol. The molecule has 9 heteroatoms. The average Bonchev–Trinajstić information content (AvgIpc) is 3.05. The van der Waals surface area contributed by atoms with E-state index >= 15 is 0 Å². The van der Waals surface area contributed by atoms with E-state index in [9.17, 15) is 23.3 Å².